The van der Waals surface area contributed by atoms with E-state index < -0.39 is 24.2 Å². The van der Waals surface area contributed by atoms with Crippen molar-refractivity contribution in [1.82, 2.24) is 0 Å². The van der Waals surface area contributed by atoms with Crippen LogP contribution in [0.5, 0.6) is 23.0 Å². The van der Waals surface area contributed by atoms with E-state index in [1.807, 2.05) is 0 Å². The summed E-state index contributed by atoms with van der Waals surface area (Å²) in [5.74, 6) is -0.175. The number of unbranched alkanes of at least 4 members (excludes halogenated alkanes) is 2. The highest BCUT2D eigenvalue weighted by Gasteiger charge is 2.13. The SMILES string of the molecule is C=CC(=O)OCCCCOC(=O)Oc1ccc(/C=N/N=C/c2ccc(OC(=O)OCCCCOC(=O)C=C)c(OC)c2)cc1OC. The van der Waals surface area contributed by atoms with Gasteiger partial charge in [-0.15, -0.1) is 0 Å². The van der Waals surface area contributed by atoms with Crippen molar-refractivity contribution in [3.63, 3.8) is 0 Å². The molecule has 0 aliphatic carbocycles. The second-order valence-electron chi connectivity index (χ2n) is 8.87. The summed E-state index contributed by atoms with van der Waals surface area (Å²) in [4.78, 5) is 46.0. The van der Waals surface area contributed by atoms with Gasteiger partial charge < -0.3 is 37.9 Å². The number of carbonyl (C=O) groups is 4. The van der Waals surface area contributed by atoms with Gasteiger partial charge in [-0.3, -0.25) is 0 Å². The topological polar surface area (TPSA) is 167 Å². The Morgan fingerprint density at radius 3 is 1.30 bits per heavy atom. The molecule has 0 aromatic heterocycles. The minimum absolute atomic E-state index is 0.0862. The summed E-state index contributed by atoms with van der Waals surface area (Å²) < 4.78 is 40.8. The fraction of sp³-hybridized carbons (Fsp3) is 0.312. The van der Waals surface area contributed by atoms with E-state index in [4.69, 9.17) is 37.9 Å². The number of ether oxygens (including phenoxy) is 8. The maximum absolute atomic E-state index is 12.0. The van der Waals surface area contributed by atoms with E-state index >= 15 is 0 Å². The predicted molar refractivity (Wildman–Crippen MR) is 166 cm³/mol. The molecular weight excluding hydrogens is 604 g/mol. The number of hydrogen-bond acceptors (Lipinski definition) is 14. The quantitative estimate of drug-likeness (QED) is 0.0375. The van der Waals surface area contributed by atoms with Gasteiger partial charge in [0.25, 0.3) is 0 Å². The zero-order chi connectivity index (χ0) is 33.6. The molecule has 0 N–H and O–H groups in total. The number of hydrogen-bond donors (Lipinski definition) is 0. The third-order valence-electron chi connectivity index (χ3n) is 5.58. The molecule has 14 nitrogen and oxygen atoms in total. The van der Waals surface area contributed by atoms with Crippen molar-refractivity contribution in [3.05, 3.63) is 72.8 Å². The van der Waals surface area contributed by atoms with E-state index in [-0.39, 0.29) is 49.4 Å². The highest BCUT2D eigenvalue weighted by atomic mass is 16.7. The number of nitrogens with zero attached hydrogens (tertiary/aromatic N) is 2. The van der Waals surface area contributed by atoms with Crippen molar-refractivity contribution >= 4 is 36.7 Å². The lowest BCUT2D eigenvalue weighted by Gasteiger charge is -2.10. The van der Waals surface area contributed by atoms with Crippen molar-refractivity contribution in [2.75, 3.05) is 40.6 Å². The third-order valence-corrected chi connectivity index (χ3v) is 5.58. The Balaban J connectivity index is 1.83. The Morgan fingerprint density at radius 1 is 0.587 bits per heavy atom. The molecule has 46 heavy (non-hydrogen) atoms. The maximum Gasteiger partial charge on any atom is 0.513 e. The molecule has 0 saturated carbocycles. The fourth-order valence-corrected chi connectivity index (χ4v) is 3.32. The largest absolute Gasteiger partial charge is 0.513 e. The standard InChI is InChI=1S/C32H36N2O12/c1-5-29(35)41-15-7-9-17-43-31(37)45-25-13-11-23(19-27(25)39-3)21-33-34-22-24-12-14-26(28(20-24)40-4)46-32(38)44-18-10-8-16-42-30(36)6-2/h5-6,11-14,19-22H,1-2,7-10,15-18H2,3-4H3/b33-21+,34-22+. The third kappa shape index (κ3) is 14.2. The van der Waals surface area contributed by atoms with E-state index in [9.17, 15) is 19.2 Å². The summed E-state index contributed by atoms with van der Waals surface area (Å²) in [6.07, 6.45) is 5.25. The first kappa shape index (κ1) is 36.5. The minimum Gasteiger partial charge on any atom is -0.493 e. The maximum atomic E-state index is 12.0. The Labute approximate surface area is 266 Å². The van der Waals surface area contributed by atoms with Crippen LogP contribution in [0.4, 0.5) is 9.59 Å². The van der Waals surface area contributed by atoms with Gasteiger partial charge in [0.05, 0.1) is 53.1 Å². The van der Waals surface area contributed by atoms with Crippen molar-refractivity contribution in [3.8, 4) is 23.0 Å². The first-order valence-electron chi connectivity index (χ1n) is 14.0. The van der Waals surface area contributed by atoms with Crippen LogP contribution in [0, 0.1) is 0 Å². The molecule has 0 amide bonds. The van der Waals surface area contributed by atoms with Gasteiger partial charge in [0.1, 0.15) is 0 Å². The van der Waals surface area contributed by atoms with Crippen molar-refractivity contribution in [2.24, 2.45) is 10.2 Å². The predicted octanol–water partition coefficient (Wildman–Crippen LogP) is 5.21. The van der Waals surface area contributed by atoms with Gasteiger partial charge in [-0.25, -0.2) is 19.2 Å². The van der Waals surface area contributed by atoms with Crippen LogP contribution >= 0.6 is 0 Å². The van der Waals surface area contributed by atoms with Gasteiger partial charge in [-0.2, -0.15) is 10.2 Å². The number of methoxy groups -OCH3 is 2. The molecule has 14 heteroatoms. The molecule has 246 valence electrons. The van der Waals surface area contributed by atoms with Gasteiger partial charge in [-0.05, 0) is 73.2 Å². The number of benzene rings is 2. The Bertz CT molecular complexity index is 1300. The van der Waals surface area contributed by atoms with E-state index in [0.717, 1.165) is 12.2 Å². The van der Waals surface area contributed by atoms with Crippen molar-refractivity contribution < 1.29 is 57.1 Å². The molecule has 2 rings (SSSR count). The highest BCUT2D eigenvalue weighted by molar-refractivity contribution is 5.84. The molecule has 0 unspecified atom stereocenters. The van der Waals surface area contributed by atoms with E-state index in [1.54, 1.807) is 24.3 Å². The molecular formula is C32H36N2O12. The lowest BCUT2D eigenvalue weighted by Crippen LogP contribution is -2.12. The zero-order valence-electron chi connectivity index (χ0n) is 25.6. The highest BCUT2D eigenvalue weighted by Crippen LogP contribution is 2.29. The van der Waals surface area contributed by atoms with Crippen LogP contribution < -0.4 is 18.9 Å². The van der Waals surface area contributed by atoms with Crippen LogP contribution in [-0.2, 0) is 28.5 Å². The van der Waals surface area contributed by atoms with E-state index in [1.165, 1.54) is 38.8 Å². The molecule has 0 spiro atoms. The molecule has 0 aliphatic heterocycles. The Kier molecular flexibility index (Phi) is 16.8. The van der Waals surface area contributed by atoms with Gasteiger partial charge in [-0.1, -0.05) is 13.2 Å². The molecule has 0 fully saturated rings. The summed E-state index contributed by atoms with van der Waals surface area (Å²) in [5, 5.41) is 8.04. The van der Waals surface area contributed by atoms with Crippen LogP contribution in [0.1, 0.15) is 36.8 Å². The number of carbonyl (C=O) groups excluding carboxylic acids is 4. The van der Waals surface area contributed by atoms with Crippen LogP contribution in [-0.4, -0.2) is 77.3 Å². The molecule has 0 bridgehead atoms. The summed E-state index contributed by atoms with van der Waals surface area (Å²) in [6, 6.07) is 9.53. The first-order valence-corrected chi connectivity index (χ1v) is 14.0. The first-order chi connectivity index (χ1) is 22.3. The molecule has 0 saturated heterocycles. The fourth-order valence-electron chi connectivity index (χ4n) is 3.32. The molecule has 2 aromatic rings. The monoisotopic (exact) mass is 640 g/mol. The van der Waals surface area contributed by atoms with Gasteiger partial charge in [0, 0.05) is 12.2 Å². The Hall–Kier alpha value is -5.66. The van der Waals surface area contributed by atoms with Crippen molar-refractivity contribution in [1.29, 1.82) is 0 Å². The lowest BCUT2D eigenvalue weighted by atomic mass is 10.2. The lowest BCUT2D eigenvalue weighted by molar-refractivity contribution is -0.138. The number of esters is 2. The average molecular weight is 641 g/mol. The van der Waals surface area contributed by atoms with Crippen LogP contribution in [0.25, 0.3) is 0 Å². The molecule has 0 heterocycles. The smallest absolute Gasteiger partial charge is 0.493 e. The summed E-state index contributed by atoms with van der Waals surface area (Å²) in [7, 11) is 2.84. The zero-order valence-corrected chi connectivity index (χ0v) is 25.6. The summed E-state index contributed by atoms with van der Waals surface area (Å²) in [6.45, 7) is 7.17. The van der Waals surface area contributed by atoms with Crippen LogP contribution in [0.15, 0.2) is 71.9 Å². The van der Waals surface area contributed by atoms with Crippen LogP contribution in [0.3, 0.4) is 0 Å². The van der Waals surface area contributed by atoms with Gasteiger partial charge in [0.15, 0.2) is 23.0 Å². The van der Waals surface area contributed by atoms with Crippen LogP contribution in [0.2, 0.25) is 0 Å². The average Bonchev–Trinajstić information content (AvgIpc) is 3.06. The number of rotatable bonds is 19. The molecule has 2 aromatic carbocycles. The second kappa shape index (κ2) is 21.1. The second-order valence-corrected chi connectivity index (χ2v) is 8.87. The van der Waals surface area contributed by atoms with E-state index in [2.05, 4.69) is 23.4 Å². The van der Waals surface area contributed by atoms with Crippen molar-refractivity contribution in [2.45, 2.75) is 25.7 Å². The molecule has 0 radical (unpaired) electrons. The molecule has 0 atom stereocenters. The summed E-state index contributed by atoms with van der Waals surface area (Å²) in [5.41, 5.74) is 1.22. The molecule has 0 aliphatic rings. The summed E-state index contributed by atoms with van der Waals surface area (Å²) >= 11 is 0. The Morgan fingerprint density at radius 2 is 0.957 bits per heavy atom. The normalized spacial score (nSPS) is 10.6. The minimum atomic E-state index is -0.906. The van der Waals surface area contributed by atoms with Gasteiger partial charge >= 0.3 is 24.2 Å². The van der Waals surface area contributed by atoms with Gasteiger partial charge in [0.2, 0.25) is 0 Å². The van der Waals surface area contributed by atoms with E-state index in [0.29, 0.717) is 36.8 Å².